The average Bonchev–Trinajstić information content (AvgIpc) is 2.28. The standard InChI is InChI=1S/C12H19NO2/c1-2-3-4-11(14)7-10-15-12-5-8-13-9-6-12/h1,12-13H,3-10H2. The van der Waals surface area contributed by atoms with E-state index < -0.39 is 0 Å². The van der Waals surface area contributed by atoms with Crippen LogP contribution in [-0.4, -0.2) is 31.6 Å². The van der Waals surface area contributed by atoms with Crippen molar-refractivity contribution in [2.45, 2.75) is 38.2 Å². The predicted octanol–water partition coefficient (Wildman–Crippen LogP) is 1.13. The van der Waals surface area contributed by atoms with E-state index in [1.807, 2.05) is 0 Å². The van der Waals surface area contributed by atoms with E-state index in [1.54, 1.807) is 0 Å². The van der Waals surface area contributed by atoms with Crippen molar-refractivity contribution in [2.75, 3.05) is 19.7 Å². The molecule has 0 radical (unpaired) electrons. The van der Waals surface area contributed by atoms with Crippen LogP contribution in [0.25, 0.3) is 0 Å². The summed E-state index contributed by atoms with van der Waals surface area (Å²) in [6.07, 6.45) is 9.08. The minimum atomic E-state index is 0.210. The molecule has 15 heavy (non-hydrogen) atoms. The van der Waals surface area contributed by atoms with Gasteiger partial charge in [0, 0.05) is 19.3 Å². The first kappa shape index (κ1) is 12.2. The predicted molar refractivity (Wildman–Crippen MR) is 59.5 cm³/mol. The SMILES string of the molecule is C#CCCC(=O)CCOC1CCNCC1. The molecule has 84 valence electrons. The second-order valence-corrected chi connectivity index (χ2v) is 3.81. The highest BCUT2D eigenvalue weighted by atomic mass is 16.5. The van der Waals surface area contributed by atoms with Crippen LogP contribution in [0.15, 0.2) is 0 Å². The molecule has 0 saturated carbocycles. The summed E-state index contributed by atoms with van der Waals surface area (Å²) in [6, 6.07) is 0. The van der Waals surface area contributed by atoms with E-state index in [9.17, 15) is 4.79 Å². The molecule has 1 aliphatic rings. The molecular weight excluding hydrogens is 190 g/mol. The summed E-state index contributed by atoms with van der Waals surface area (Å²) >= 11 is 0. The summed E-state index contributed by atoms with van der Waals surface area (Å²) in [5.74, 6) is 2.68. The number of ether oxygens (including phenoxy) is 1. The van der Waals surface area contributed by atoms with Gasteiger partial charge in [-0.05, 0) is 25.9 Å². The van der Waals surface area contributed by atoms with Gasteiger partial charge in [-0.1, -0.05) is 0 Å². The number of carbonyl (C=O) groups excluding carboxylic acids is 1. The molecule has 0 aliphatic carbocycles. The summed E-state index contributed by atoms with van der Waals surface area (Å²) in [5.41, 5.74) is 0. The van der Waals surface area contributed by atoms with Gasteiger partial charge in [-0.2, -0.15) is 0 Å². The minimum absolute atomic E-state index is 0.210. The maximum absolute atomic E-state index is 11.3. The van der Waals surface area contributed by atoms with E-state index in [0.717, 1.165) is 25.9 Å². The Hall–Kier alpha value is -0.850. The first-order chi connectivity index (χ1) is 7.33. The maximum Gasteiger partial charge on any atom is 0.136 e. The molecule has 3 nitrogen and oxygen atoms in total. The highest BCUT2D eigenvalue weighted by molar-refractivity contribution is 5.78. The molecule has 1 aliphatic heterocycles. The van der Waals surface area contributed by atoms with Crippen molar-refractivity contribution >= 4 is 5.78 Å². The van der Waals surface area contributed by atoms with Crippen LogP contribution in [0.3, 0.4) is 0 Å². The summed E-state index contributed by atoms with van der Waals surface area (Å²) in [4.78, 5) is 11.3. The lowest BCUT2D eigenvalue weighted by atomic mass is 10.1. The Morgan fingerprint density at radius 1 is 1.40 bits per heavy atom. The number of nitrogens with one attached hydrogen (secondary N) is 1. The van der Waals surface area contributed by atoms with Crippen molar-refractivity contribution in [1.29, 1.82) is 0 Å². The van der Waals surface area contributed by atoms with Gasteiger partial charge in [-0.25, -0.2) is 0 Å². The van der Waals surface area contributed by atoms with Gasteiger partial charge in [0.2, 0.25) is 0 Å². The Morgan fingerprint density at radius 2 is 2.13 bits per heavy atom. The number of ketones is 1. The molecule has 1 heterocycles. The second-order valence-electron chi connectivity index (χ2n) is 3.81. The van der Waals surface area contributed by atoms with Crippen molar-refractivity contribution in [3.63, 3.8) is 0 Å². The summed E-state index contributed by atoms with van der Waals surface area (Å²) in [7, 11) is 0. The molecule has 0 unspecified atom stereocenters. The van der Waals surface area contributed by atoms with Gasteiger partial charge >= 0.3 is 0 Å². The van der Waals surface area contributed by atoms with Crippen molar-refractivity contribution in [3.8, 4) is 12.3 Å². The van der Waals surface area contributed by atoms with Crippen LogP contribution in [0.1, 0.15) is 32.1 Å². The lowest BCUT2D eigenvalue weighted by molar-refractivity contribution is -0.120. The molecule has 0 bridgehead atoms. The third-order valence-corrected chi connectivity index (χ3v) is 2.57. The van der Waals surface area contributed by atoms with E-state index in [2.05, 4.69) is 11.2 Å². The zero-order valence-corrected chi connectivity index (χ0v) is 9.13. The summed E-state index contributed by atoms with van der Waals surface area (Å²) in [6.45, 7) is 2.60. The normalized spacial score (nSPS) is 17.3. The fourth-order valence-electron chi connectivity index (χ4n) is 1.64. The lowest BCUT2D eigenvalue weighted by Gasteiger charge is -2.22. The molecule has 0 spiro atoms. The van der Waals surface area contributed by atoms with E-state index >= 15 is 0 Å². The molecule has 1 fully saturated rings. The fourth-order valence-corrected chi connectivity index (χ4v) is 1.64. The molecular formula is C12H19NO2. The number of hydrogen-bond acceptors (Lipinski definition) is 3. The zero-order chi connectivity index (χ0) is 10.9. The molecule has 1 N–H and O–H groups in total. The van der Waals surface area contributed by atoms with Crippen LogP contribution in [0.2, 0.25) is 0 Å². The first-order valence-corrected chi connectivity index (χ1v) is 5.60. The van der Waals surface area contributed by atoms with Gasteiger partial charge in [0.1, 0.15) is 5.78 Å². The highest BCUT2D eigenvalue weighted by Crippen LogP contribution is 2.07. The molecule has 0 aromatic carbocycles. The fraction of sp³-hybridized carbons (Fsp3) is 0.750. The number of terminal acetylenes is 1. The number of carbonyl (C=O) groups is 1. The summed E-state index contributed by atoms with van der Waals surface area (Å²) in [5, 5.41) is 3.27. The Morgan fingerprint density at radius 3 is 2.80 bits per heavy atom. The van der Waals surface area contributed by atoms with Crippen LogP contribution in [0, 0.1) is 12.3 Å². The molecule has 0 aromatic heterocycles. The van der Waals surface area contributed by atoms with Gasteiger partial charge in [0.15, 0.2) is 0 Å². The second kappa shape index (κ2) is 7.44. The van der Waals surface area contributed by atoms with Crippen LogP contribution >= 0.6 is 0 Å². The van der Waals surface area contributed by atoms with Crippen molar-refractivity contribution in [1.82, 2.24) is 5.32 Å². The molecule has 0 atom stereocenters. The van der Waals surface area contributed by atoms with Crippen LogP contribution in [0.4, 0.5) is 0 Å². The number of hydrogen-bond donors (Lipinski definition) is 1. The highest BCUT2D eigenvalue weighted by Gasteiger charge is 2.13. The zero-order valence-electron chi connectivity index (χ0n) is 9.13. The lowest BCUT2D eigenvalue weighted by Crippen LogP contribution is -2.32. The molecule has 0 aromatic rings. The van der Waals surface area contributed by atoms with Gasteiger partial charge < -0.3 is 10.1 Å². The van der Waals surface area contributed by atoms with Crippen molar-refractivity contribution in [3.05, 3.63) is 0 Å². The van der Waals surface area contributed by atoms with Gasteiger partial charge in [-0.3, -0.25) is 4.79 Å². The molecule has 1 saturated heterocycles. The van der Waals surface area contributed by atoms with Gasteiger partial charge in [0.25, 0.3) is 0 Å². The Bertz CT molecular complexity index is 226. The van der Waals surface area contributed by atoms with Gasteiger partial charge in [0.05, 0.1) is 12.7 Å². The molecule has 3 heteroatoms. The largest absolute Gasteiger partial charge is 0.378 e. The van der Waals surface area contributed by atoms with Gasteiger partial charge in [-0.15, -0.1) is 12.3 Å². The van der Waals surface area contributed by atoms with Crippen molar-refractivity contribution in [2.24, 2.45) is 0 Å². The Balaban J connectivity index is 2.00. The van der Waals surface area contributed by atoms with Crippen LogP contribution < -0.4 is 5.32 Å². The number of piperidine rings is 1. The molecule has 0 amide bonds. The minimum Gasteiger partial charge on any atom is -0.378 e. The quantitative estimate of drug-likeness (QED) is 0.666. The topological polar surface area (TPSA) is 38.3 Å². The van der Waals surface area contributed by atoms with E-state index in [1.165, 1.54) is 0 Å². The van der Waals surface area contributed by atoms with Crippen LogP contribution in [0.5, 0.6) is 0 Å². The number of rotatable bonds is 6. The van der Waals surface area contributed by atoms with E-state index in [-0.39, 0.29) is 5.78 Å². The monoisotopic (exact) mass is 209 g/mol. The smallest absolute Gasteiger partial charge is 0.136 e. The maximum atomic E-state index is 11.3. The third kappa shape index (κ3) is 5.56. The van der Waals surface area contributed by atoms with E-state index in [4.69, 9.17) is 11.2 Å². The Labute approximate surface area is 91.6 Å². The van der Waals surface area contributed by atoms with E-state index in [0.29, 0.717) is 32.0 Å². The first-order valence-electron chi connectivity index (χ1n) is 5.60. The average molecular weight is 209 g/mol. The van der Waals surface area contributed by atoms with Crippen molar-refractivity contribution < 1.29 is 9.53 Å². The molecule has 1 rings (SSSR count). The Kier molecular flexibility index (Phi) is 6.06. The number of Topliss-reactive ketones (excluding diaryl/α,β-unsaturated/α-hetero) is 1. The van der Waals surface area contributed by atoms with Crippen LogP contribution in [-0.2, 0) is 9.53 Å². The third-order valence-electron chi connectivity index (χ3n) is 2.57. The summed E-state index contributed by atoms with van der Waals surface area (Å²) < 4.78 is 5.62.